The summed E-state index contributed by atoms with van der Waals surface area (Å²) in [4.78, 5) is 25.9. The van der Waals surface area contributed by atoms with Crippen LogP contribution in [0.2, 0.25) is 0 Å². The van der Waals surface area contributed by atoms with E-state index in [9.17, 15) is 9.59 Å². The minimum Gasteiger partial charge on any atom is -0.397 e. The third-order valence-electron chi connectivity index (χ3n) is 4.53. The molecule has 1 aliphatic carbocycles. The monoisotopic (exact) mass is 328 g/mol. The van der Waals surface area contributed by atoms with E-state index in [4.69, 9.17) is 5.73 Å². The number of ketones is 2. The first-order chi connectivity index (χ1) is 12.1. The van der Waals surface area contributed by atoms with Gasteiger partial charge in [0, 0.05) is 22.4 Å². The van der Waals surface area contributed by atoms with Crippen LogP contribution in [0, 0.1) is 6.92 Å². The zero-order chi connectivity index (χ0) is 17.6. The van der Waals surface area contributed by atoms with E-state index >= 15 is 0 Å². The van der Waals surface area contributed by atoms with E-state index in [1.54, 1.807) is 36.4 Å². The first-order valence-electron chi connectivity index (χ1n) is 8.01. The number of hydrogen-bond donors (Lipinski definition) is 2. The van der Waals surface area contributed by atoms with Gasteiger partial charge in [0.15, 0.2) is 11.6 Å². The molecule has 0 spiro atoms. The zero-order valence-electron chi connectivity index (χ0n) is 13.7. The Bertz CT molecular complexity index is 1040. The maximum Gasteiger partial charge on any atom is 0.196 e. The lowest BCUT2D eigenvalue weighted by molar-refractivity contribution is 0.0980. The van der Waals surface area contributed by atoms with E-state index in [0.29, 0.717) is 33.6 Å². The number of hydrogen-bond acceptors (Lipinski definition) is 4. The van der Waals surface area contributed by atoms with E-state index in [1.165, 1.54) is 0 Å². The van der Waals surface area contributed by atoms with Crippen molar-refractivity contribution in [3.63, 3.8) is 0 Å². The van der Waals surface area contributed by atoms with Gasteiger partial charge in [-0.05, 0) is 30.7 Å². The van der Waals surface area contributed by atoms with Crippen molar-refractivity contribution < 1.29 is 9.59 Å². The molecule has 0 heterocycles. The molecule has 0 saturated carbocycles. The summed E-state index contributed by atoms with van der Waals surface area (Å²) in [5.41, 5.74) is 10.5. The number of benzene rings is 3. The summed E-state index contributed by atoms with van der Waals surface area (Å²) in [6.45, 7) is 1.97. The Morgan fingerprint density at radius 3 is 2.12 bits per heavy atom. The minimum absolute atomic E-state index is 0.155. The molecule has 1 aliphatic rings. The highest BCUT2D eigenvalue weighted by Crippen LogP contribution is 2.37. The van der Waals surface area contributed by atoms with Crippen LogP contribution in [0.1, 0.15) is 37.4 Å². The summed E-state index contributed by atoms with van der Waals surface area (Å²) >= 11 is 0. The Balaban J connectivity index is 1.92. The van der Waals surface area contributed by atoms with Gasteiger partial charge in [0.25, 0.3) is 0 Å². The van der Waals surface area contributed by atoms with Crippen LogP contribution >= 0.6 is 0 Å². The number of para-hydroxylation sites is 1. The number of anilines is 3. The van der Waals surface area contributed by atoms with Crippen molar-refractivity contribution in [2.75, 3.05) is 11.1 Å². The fourth-order valence-corrected chi connectivity index (χ4v) is 3.19. The Morgan fingerprint density at radius 1 is 0.760 bits per heavy atom. The number of carbonyl (C=O) groups is 2. The van der Waals surface area contributed by atoms with Crippen molar-refractivity contribution in [3.8, 4) is 0 Å². The lowest BCUT2D eigenvalue weighted by Gasteiger charge is -2.22. The molecule has 25 heavy (non-hydrogen) atoms. The van der Waals surface area contributed by atoms with Gasteiger partial charge in [-0.25, -0.2) is 0 Å². The highest BCUT2D eigenvalue weighted by Gasteiger charge is 2.32. The summed E-state index contributed by atoms with van der Waals surface area (Å²) in [6.07, 6.45) is 0. The Labute approximate surface area is 145 Å². The van der Waals surface area contributed by atoms with Gasteiger partial charge >= 0.3 is 0 Å². The van der Waals surface area contributed by atoms with E-state index < -0.39 is 0 Å². The van der Waals surface area contributed by atoms with E-state index in [1.807, 2.05) is 31.2 Å². The summed E-state index contributed by atoms with van der Waals surface area (Å²) in [7, 11) is 0. The molecule has 0 atom stereocenters. The molecule has 0 unspecified atom stereocenters. The normalized spacial score (nSPS) is 12.5. The number of nitrogens with two attached hydrogens (primary N) is 1. The van der Waals surface area contributed by atoms with Crippen LogP contribution in [0.4, 0.5) is 17.1 Å². The lowest BCUT2D eigenvalue weighted by Crippen LogP contribution is -2.22. The topological polar surface area (TPSA) is 72.2 Å². The van der Waals surface area contributed by atoms with Crippen LogP contribution in [0.15, 0.2) is 60.7 Å². The molecular formula is C21H16N2O2. The molecule has 0 fully saturated rings. The maximum atomic E-state index is 13.1. The number of nitrogen functional groups attached to an aromatic ring is 1. The summed E-state index contributed by atoms with van der Waals surface area (Å²) in [5.74, 6) is -0.341. The van der Waals surface area contributed by atoms with Gasteiger partial charge in [-0.15, -0.1) is 0 Å². The number of nitrogens with one attached hydrogen (secondary N) is 1. The van der Waals surface area contributed by atoms with Crippen LogP contribution < -0.4 is 11.1 Å². The standard InChI is InChI=1S/C21H16N2O2/c1-12-6-2-5-9-17(12)23-19-16(22)11-10-15-18(19)21(25)14-8-4-3-7-13(14)20(15)24/h2-11,23H,22H2,1H3. The van der Waals surface area contributed by atoms with Crippen molar-refractivity contribution >= 4 is 28.6 Å². The average Bonchev–Trinajstić information content (AvgIpc) is 2.63. The van der Waals surface area contributed by atoms with Crippen LogP contribution in [-0.2, 0) is 0 Å². The number of carbonyl (C=O) groups excluding carboxylic acids is 2. The Morgan fingerprint density at radius 2 is 1.40 bits per heavy atom. The van der Waals surface area contributed by atoms with Gasteiger partial charge in [0.2, 0.25) is 0 Å². The number of rotatable bonds is 2. The van der Waals surface area contributed by atoms with Crippen LogP contribution in [0.3, 0.4) is 0 Å². The van der Waals surface area contributed by atoms with Crippen molar-refractivity contribution in [2.24, 2.45) is 0 Å². The molecule has 3 aromatic rings. The average molecular weight is 328 g/mol. The lowest BCUT2D eigenvalue weighted by atomic mass is 9.83. The molecule has 4 rings (SSSR count). The van der Waals surface area contributed by atoms with Gasteiger partial charge in [0.1, 0.15) is 0 Å². The fraction of sp³-hybridized carbons (Fsp3) is 0.0476. The van der Waals surface area contributed by atoms with Crippen molar-refractivity contribution in [1.29, 1.82) is 0 Å². The number of fused-ring (bicyclic) bond motifs is 2. The predicted octanol–water partition coefficient (Wildman–Crippen LogP) is 4.10. The molecule has 0 amide bonds. The highest BCUT2D eigenvalue weighted by atomic mass is 16.1. The SMILES string of the molecule is Cc1ccccc1Nc1c(N)ccc2c1C(=O)c1ccccc1C2=O. The number of aryl methyl sites for hydroxylation is 1. The second-order valence-corrected chi connectivity index (χ2v) is 6.10. The smallest absolute Gasteiger partial charge is 0.196 e. The second-order valence-electron chi connectivity index (χ2n) is 6.10. The van der Waals surface area contributed by atoms with E-state index in [2.05, 4.69) is 5.32 Å². The summed E-state index contributed by atoms with van der Waals surface area (Å²) < 4.78 is 0. The van der Waals surface area contributed by atoms with Gasteiger partial charge in [-0.1, -0.05) is 42.5 Å². The molecule has 3 N–H and O–H groups in total. The van der Waals surface area contributed by atoms with Gasteiger partial charge < -0.3 is 11.1 Å². The molecule has 122 valence electrons. The first kappa shape index (κ1) is 15.1. The van der Waals surface area contributed by atoms with E-state index in [-0.39, 0.29) is 11.6 Å². The quantitative estimate of drug-likeness (QED) is 0.544. The van der Waals surface area contributed by atoms with Crippen molar-refractivity contribution in [2.45, 2.75) is 6.92 Å². The highest BCUT2D eigenvalue weighted by molar-refractivity contribution is 6.30. The molecular weight excluding hydrogens is 312 g/mol. The second kappa shape index (κ2) is 5.60. The maximum absolute atomic E-state index is 13.1. The third-order valence-corrected chi connectivity index (χ3v) is 4.53. The predicted molar refractivity (Wildman–Crippen MR) is 98.6 cm³/mol. The fourth-order valence-electron chi connectivity index (χ4n) is 3.19. The third kappa shape index (κ3) is 2.31. The van der Waals surface area contributed by atoms with Crippen molar-refractivity contribution in [3.05, 3.63) is 88.5 Å². The van der Waals surface area contributed by atoms with Crippen LogP contribution in [0.25, 0.3) is 0 Å². The molecule has 4 nitrogen and oxygen atoms in total. The van der Waals surface area contributed by atoms with Crippen molar-refractivity contribution in [1.82, 2.24) is 0 Å². The van der Waals surface area contributed by atoms with Gasteiger partial charge in [0.05, 0.1) is 16.9 Å². The zero-order valence-corrected chi connectivity index (χ0v) is 13.7. The molecule has 0 aliphatic heterocycles. The molecule has 0 saturated heterocycles. The van der Waals surface area contributed by atoms with E-state index in [0.717, 1.165) is 11.3 Å². The molecule has 0 radical (unpaired) electrons. The van der Waals surface area contributed by atoms with Gasteiger partial charge in [-0.3, -0.25) is 9.59 Å². The Hall–Kier alpha value is -3.40. The largest absolute Gasteiger partial charge is 0.397 e. The molecule has 4 heteroatoms. The molecule has 3 aromatic carbocycles. The molecule has 0 aromatic heterocycles. The van der Waals surface area contributed by atoms with Crippen LogP contribution in [-0.4, -0.2) is 11.6 Å². The van der Waals surface area contributed by atoms with Gasteiger partial charge in [-0.2, -0.15) is 0 Å². The molecule has 0 bridgehead atoms. The first-order valence-corrected chi connectivity index (χ1v) is 8.01. The summed E-state index contributed by atoms with van der Waals surface area (Å²) in [5, 5.41) is 3.25. The van der Waals surface area contributed by atoms with Crippen LogP contribution in [0.5, 0.6) is 0 Å². The summed E-state index contributed by atoms with van der Waals surface area (Å²) in [6, 6.07) is 17.9. The Kier molecular flexibility index (Phi) is 3.39. The minimum atomic E-state index is -0.186.